The summed E-state index contributed by atoms with van der Waals surface area (Å²) in [5, 5.41) is 4.92. The monoisotopic (exact) mass is 329 g/mol. The van der Waals surface area contributed by atoms with Gasteiger partial charge in [-0.15, -0.1) is 11.3 Å². The average molecular weight is 329 g/mol. The van der Waals surface area contributed by atoms with Crippen molar-refractivity contribution < 1.29 is 9.53 Å². The fourth-order valence-electron chi connectivity index (χ4n) is 2.33. The molecule has 3 rings (SSSR count). The number of amides is 1. The molecule has 23 heavy (non-hydrogen) atoms. The molecule has 3 aromatic rings. The van der Waals surface area contributed by atoms with Gasteiger partial charge in [0, 0.05) is 23.9 Å². The van der Waals surface area contributed by atoms with E-state index in [2.05, 4.69) is 10.3 Å². The van der Waals surface area contributed by atoms with E-state index >= 15 is 0 Å². The van der Waals surface area contributed by atoms with E-state index in [9.17, 15) is 4.79 Å². The van der Waals surface area contributed by atoms with Gasteiger partial charge in [0.2, 0.25) is 0 Å². The number of hydrogen-bond donors (Lipinski definition) is 1. The van der Waals surface area contributed by atoms with Gasteiger partial charge in [0.25, 0.3) is 5.91 Å². The number of aromatic nitrogens is 1. The molecular formula is C17H19N3O2S. The number of pyridine rings is 1. The topological polar surface area (TPSA) is 54.5 Å². The second-order valence-corrected chi connectivity index (χ2v) is 6.64. The predicted octanol–water partition coefficient (Wildman–Crippen LogP) is 2.75. The van der Waals surface area contributed by atoms with Crippen molar-refractivity contribution in [3.05, 3.63) is 35.2 Å². The summed E-state index contributed by atoms with van der Waals surface area (Å²) in [5.74, 6) is 0.756. The first-order valence-corrected chi connectivity index (χ1v) is 8.20. The van der Waals surface area contributed by atoms with Gasteiger partial charge in [-0.3, -0.25) is 4.79 Å². The Kier molecular flexibility index (Phi) is 4.45. The maximum atomic E-state index is 12.2. The van der Waals surface area contributed by atoms with Gasteiger partial charge in [0.15, 0.2) is 0 Å². The molecule has 0 saturated carbocycles. The maximum Gasteiger partial charge on any atom is 0.261 e. The molecule has 0 unspecified atom stereocenters. The average Bonchev–Trinajstić information content (AvgIpc) is 2.94. The number of nitrogens with one attached hydrogen (secondary N) is 1. The molecule has 1 amide bonds. The summed E-state index contributed by atoms with van der Waals surface area (Å²) >= 11 is 1.42. The number of benzene rings is 1. The highest BCUT2D eigenvalue weighted by molar-refractivity contribution is 7.20. The van der Waals surface area contributed by atoms with Crippen molar-refractivity contribution >= 4 is 38.4 Å². The Balaban J connectivity index is 1.88. The number of fused-ring (bicyclic) bond motifs is 2. The number of thiophene rings is 1. The van der Waals surface area contributed by atoms with Crippen LogP contribution in [-0.2, 0) is 0 Å². The third-order valence-corrected chi connectivity index (χ3v) is 4.62. The standard InChI is InChI=1S/C17H19N3O2S/c1-20(2)7-6-18-16(21)15-10-12-8-11-9-13(22-3)4-5-14(11)19-17(12)23-15/h4-5,8-10H,6-7H2,1-3H3,(H,18,21). The fourth-order valence-corrected chi connectivity index (χ4v) is 3.27. The zero-order valence-electron chi connectivity index (χ0n) is 13.4. The summed E-state index contributed by atoms with van der Waals surface area (Å²) < 4.78 is 5.25. The number of methoxy groups -OCH3 is 1. The van der Waals surface area contributed by atoms with Crippen LogP contribution in [0.25, 0.3) is 21.1 Å². The van der Waals surface area contributed by atoms with Crippen molar-refractivity contribution in [1.29, 1.82) is 0 Å². The first kappa shape index (κ1) is 15.7. The molecule has 0 radical (unpaired) electrons. The number of ether oxygens (including phenoxy) is 1. The molecule has 0 bridgehead atoms. The van der Waals surface area contributed by atoms with Crippen molar-refractivity contribution in [2.75, 3.05) is 34.3 Å². The Hall–Kier alpha value is -2.18. The van der Waals surface area contributed by atoms with E-state index < -0.39 is 0 Å². The van der Waals surface area contributed by atoms with Crippen LogP contribution in [0.1, 0.15) is 9.67 Å². The number of hydrogen-bond acceptors (Lipinski definition) is 5. The van der Waals surface area contributed by atoms with Crippen LogP contribution in [0.15, 0.2) is 30.3 Å². The molecule has 2 aromatic heterocycles. The molecule has 0 aliphatic carbocycles. The van der Waals surface area contributed by atoms with Gasteiger partial charge in [-0.25, -0.2) is 4.98 Å². The lowest BCUT2D eigenvalue weighted by Crippen LogP contribution is -2.30. The molecule has 5 nitrogen and oxygen atoms in total. The molecule has 0 atom stereocenters. The Morgan fingerprint density at radius 2 is 2.09 bits per heavy atom. The second-order valence-electron chi connectivity index (χ2n) is 5.61. The lowest BCUT2D eigenvalue weighted by molar-refractivity contribution is 0.0955. The minimum Gasteiger partial charge on any atom is -0.497 e. The fraction of sp³-hybridized carbons (Fsp3) is 0.294. The number of nitrogens with zero attached hydrogens (tertiary/aromatic N) is 2. The highest BCUT2D eigenvalue weighted by Crippen LogP contribution is 2.29. The number of rotatable bonds is 5. The van der Waals surface area contributed by atoms with Gasteiger partial charge in [-0.1, -0.05) is 0 Å². The molecule has 2 heterocycles. The van der Waals surface area contributed by atoms with Crippen molar-refractivity contribution in [3.8, 4) is 5.75 Å². The first-order valence-electron chi connectivity index (χ1n) is 7.38. The molecule has 0 spiro atoms. The third kappa shape index (κ3) is 3.43. The van der Waals surface area contributed by atoms with Crippen LogP contribution in [-0.4, -0.2) is 50.1 Å². The lowest BCUT2D eigenvalue weighted by Gasteiger charge is -2.09. The van der Waals surface area contributed by atoms with Gasteiger partial charge < -0.3 is 15.0 Å². The molecule has 6 heteroatoms. The van der Waals surface area contributed by atoms with Crippen molar-refractivity contribution in [1.82, 2.24) is 15.2 Å². The molecular weight excluding hydrogens is 310 g/mol. The summed E-state index contributed by atoms with van der Waals surface area (Å²) in [6.07, 6.45) is 0. The summed E-state index contributed by atoms with van der Waals surface area (Å²) in [4.78, 5) is 20.5. The van der Waals surface area contributed by atoms with Gasteiger partial charge in [0.1, 0.15) is 10.6 Å². The molecule has 0 saturated heterocycles. The summed E-state index contributed by atoms with van der Waals surface area (Å²) in [6, 6.07) is 9.73. The third-order valence-electron chi connectivity index (χ3n) is 3.58. The quantitative estimate of drug-likeness (QED) is 0.782. The number of carbonyl (C=O) groups is 1. The van der Waals surface area contributed by atoms with E-state index in [-0.39, 0.29) is 5.91 Å². The zero-order chi connectivity index (χ0) is 16.4. The largest absolute Gasteiger partial charge is 0.497 e. The first-order chi connectivity index (χ1) is 11.1. The summed E-state index contributed by atoms with van der Waals surface area (Å²) in [6.45, 7) is 1.45. The van der Waals surface area contributed by atoms with Crippen LogP contribution in [0.4, 0.5) is 0 Å². The molecule has 1 N–H and O–H groups in total. The Bertz CT molecular complexity index is 858. The second kappa shape index (κ2) is 6.52. The van der Waals surface area contributed by atoms with E-state index in [0.717, 1.165) is 33.4 Å². The van der Waals surface area contributed by atoms with Crippen LogP contribution in [0.5, 0.6) is 5.75 Å². The summed E-state index contributed by atoms with van der Waals surface area (Å²) in [5.41, 5.74) is 0.903. The molecule has 0 aliphatic rings. The van der Waals surface area contributed by atoms with Gasteiger partial charge >= 0.3 is 0 Å². The van der Waals surface area contributed by atoms with Crippen LogP contribution in [0.2, 0.25) is 0 Å². The van der Waals surface area contributed by atoms with E-state index in [1.807, 2.05) is 49.3 Å². The smallest absolute Gasteiger partial charge is 0.261 e. The zero-order valence-corrected chi connectivity index (χ0v) is 14.2. The number of likely N-dealkylation sites (N-methyl/N-ethyl adjacent to an activating group) is 1. The Morgan fingerprint density at radius 1 is 1.26 bits per heavy atom. The Labute approximate surface area is 138 Å². The number of carbonyl (C=O) groups excluding carboxylic acids is 1. The van der Waals surface area contributed by atoms with E-state index in [1.165, 1.54) is 11.3 Å². The SMILES string of the molecule is COc1ccc2nc3sc(C(=O)NCCN(C)C)cc3cc2c1. The highest BCUT2D eigenvalue weighted by atomic mass is 32.1. The molecule has 0 fully saturated rings. The van der Waals surface area contributed by atoms with Gasteiger partial charge in [0.05, 0.1) is 17.5 Å². The van der Waals surface area contributed by atoms with Gasteiger partial charge in [-0.2, -0.15) is 0 Å². The normalized spacial score (nSPS) is 11.3. The minimum atomic E-state index is -0.0449. The minimum absolute atomic E-state index is 0.0449. The van der Waals surface area contributed by atoms with E-state index in [1.54, 1.807) is 7.11 Å². The van der Waals surface area contributed by atoms with Crippen LogP contribution in [0.3, 0.4) is 0 Å². The van der Waals surface area contributed by atoms with Crippen molar-refractivity contribution in [2.24, 2.45) is 0 Å². The van der Waals surface area contributed by atoms with Crippen molar-refractivity contribution in [3.63, 3.8) is 0 Å². The molecule has 1 aromatic carbocycles. The van der Waals surface area contributed by atoms with E-state index in [0.29, 0.717) is 11.4 Å². The molecule has 120 valence electrons. The van der Waals surface area contributed by atoms with Crippen molar-refractivity contribution in [2.45, 2.75) is 0 Å². The maximum absolute atomic E-state index is 12.2. The van der Waals surface area contributed by atoms with E-state index in [4.69, 9.17) is 4.74 Å². The van der Waals surface area contributed by atoms with Crippen LogP contribution < -0.4 is 10.1 Å². The van der Waals surface area contributed by atoms with Crippen LogP contribution in [0, 0.1) is 0 Å². The lowest BCUT2D eigenvalue weighted by atomic mass is 10.2. The highest BCUT2D eigenvalue weighted by Gasteiger charge is 2.12. The van der Waals surface area contributed by atoms with Gasteiger partial charge in [-0.05, 0) is 44.4 Å². The Morgan fingerprint density at radius 3 is 2.83 bits per heavy atom. The van der Waals surface area contributed by atoms with Crippen LogP contribution >= 0.6 is 11.3 Å². The molecule has 0 aliphatic heterocycles. The summed E-state index contributed by atoms with van der Waals surface area (Å²) in [7, 11) is 5.61. The predicted molar refractivity (Wildman–Crippen MR) is 94.6 cm³/mol.